The lowest BCUT2D eigenvalue weighted by molar-refractivity contribution is 0.561. The minimum atomic E-state index is -3.46. The highest BCUT2D eigenvalue weighted by Gasteiger charge is 2.23. The van der Waals surface area contributed by atoms with Crippen LogP contribution in [0.3, 0.4) is 0 Å². The average Bonchev–Trinajstić information content (AvgIpc) is 2.90. The molecule has 1 aliphatic heterocycles. The highest BCUT2D eigenvalue weighted by atomic mass is 32.2. The van der Waals surface area contributed by atoms with Gasteiger partial charge in [-0.1, -0.05) is 36.4 Å². The molecule has 2 aromatic rings. The average molecular weight is 276 g/mol. The first kappa shape index (κ1) is 12.6. The zero-order chi connectivity index (χ0) is 13.3. The second-order valence-corrected chi connectivity index (χ2v) is 6.47. The van der Waals surface area contributed by atoms with Crippen molar-refractivity contribution in [2.24, 2.45) is 0 Å². The molecule has 4 nitrogen and oxygen atoms in total. The van der Waals surface area contributed by atoms with Crippen molar-refractivity contribution < 1.29 is 8.42 Å². The molecule has 1 heterocycles. The second-order valence-electron chi connectivity index (χ2n) is 4.79. The van der Waals surface area contributed by atoms with E-state index in [-0.39, 0.29) is 6.04 Å². The van der Waals surface area contributed by atoms with Crippen molar-refractivity contribution in [1.29, 1.82) is 0 Å². The smallest absolute Gasteiger partial charge is 0.241 e. The predicted molar refractivity (Wildman–Crippen MR) is 75.5 cm³/mol. The quantitative estimate of drug-likeness (QED) is 0.893. The summed E-state index contributed by atoms with van der Waals surface area (Å²) in [6.07, 6.45) is 0.837. The lowest BCUT2D eigenvalue weighted by Crippen LogP contribution is -2.36. The van der Waals surface area contributed by atoms with Gasteiger partial charge in [-0.25, -0.2) is 13.1 Å². The van der Waals surface area contributed by atoms with Gasteiger partial charge in [0.05, 0.1) is 4.90 Å². The molecule has 2 aromatic carbocycles. The van der Waals surface area contributed by atoms with Crippen molar-refractivity contribution in [3.63, 3.8) is 0 Å². The summed E-state index contributed by atoms with van der Waals surface area (Å²) in [4.78, 5) is 0.359. The van der Waals surface area contributed by atoms with Gasteiger partial charge in [0.15, 0.2) is 0 Å². The molecule has 0 aromatic heterocycles. The van der Waals surface area contributed by atoms with E-state index < -0.39 is 10.0 Å². The minimum absolute atomic E-state index is 0.0102. The van der Waals surface area contributed by atoms with E-state index >= 15 is 0 Å². The summed E-state index contributed by atoms with van der Waals surface area (Å²) in [7, 11) is -3.46. The number of hydrogen-bond acceptors (Lipinski definition) is 3. The second kappa shape index (κ2) is 4.92. The Morgan fingerprint density at radius 3 is 2.68 bits per heavy atom. The molecule has 1 atom stereocenters. The number of hydrogen-bond donors (Lipinski definition) is 2. The normalized spacial score (nSPS) is 19.9. The fraction of sp³-hybridized carbons (Fsp3) is 0.286. The summed E-state index contributed by atoms with van der Waals surface area (Å²) in [5.41, 5.74) is 0. The lowest BCUT2D eigenvalue weighted by atomic mass is 10.1. The summed E-state index contributed by atoms with van der Waals surface area (Å²) in [5.74, 6) is 0. The van der Waals surface area contributed by atoms with Crippen LogP contribution in [0.25, 0.3) is 10.8 Å². The molecule has 0 amide bonds. The molecular formula is C14H16N2O2S. The topological polar surface area (TPSA) is 58.2 Å². The van der Waals surface area contributed by atoms with Crippen molar-refractivity contribution in [1.82, 2.24) is 10.0 Å². The fourth-order valence-electron chi connectivity index (χ4n) is 2.47. The first-order valence-electron chi connectivity index (χ1n) is 6.38. The molecule has 100 valence electrons. The van der Waals surface area contributed by atoms with Gasteiger partial charge in [-0.15, -0.1) is 0 Å². The fourth-order valence-corrected chi connectivity index (χ4v) is 3.97. The van der Waals surface area contributed by atoms with Crippen molar-refractivity contribution in [2.75, 3.05) is 13.1 Å². The molecule has 0 bridgehead atoms. The maximum atomic E-state index is 12.5. The summed E-state index contributed by atoms with van der Waals surface area (Å²) >= 11 is 0. The Bertz CT molecular complexity index is 686. The Kier molecular flexibility index (Phi) is 3.26. The van der Waals surface area contributed by atoms with E-state index in [4.69, 9.17) is 0 Å². The Balaban J connectivity index is 2.02. The van der Waals surface area contributed by atoms with Crippen molar-refractivity contribution in [2.45, 2.75) is 17.4 Å². The Labute approximate surface area is 112 Å². The molecule has 19 heavy (non-hydrogen) atoms. The first-order valence-corrected chi connectivity index (χ1v) is 7.86. The molecule has 1 fully saturated rings. The number of fused-ring (bicyclic) bond motifs is 1. The van der Waals surface area contributed by atoms with Crippen LogP contribution >= 0.6 is 0 Å². The molecule has 2 N–H and O–H groups in total. The van der Waals surface area contributed by atoms with Gasteiger partial charge < -0.3 is 5.32 Å². The molecule has 0 unspecified atom stereocenters. The zero-order valence-electron chi connectivity index (χ0n) is 10.5. The van der Waals surface area contributed by atoms with E-state index in [1.807, 2.05) is 30.3 Å². The van der Waals surface area contributed by atoms with E-state index in [1.165, 1.54) is 0 Å². The number of nitrogens with one attached hydrogen (secondary N) is 2. The van der Waals surface area contributed by atoms with Crippen LogP contribution in [0.4, 0.5) is 0 Å². The molecule has 0 saturated carbocycles. The highest BCUT2D eigenvalue weighted by molar-refractivity contribution is 7.89. The SMILES string of the molecule is O=S(=O)(N[C@H]1CCNC1)c1cccc2ccccc12. The molecule has 0 radical (unpaired) electrons. The van der Waals surface area contributed by atoms with Crippen LogP contribution in [0.5, 0.6) is 0 Å². The van der Waals surface area contributed by atoms with Gasteiger partial charge in [0.25, 0.3) is 0 Å². The summed E-state index contributed by atoms with van der Waals surface area (Å²) in [6.45, 7) is 1.56. The van der Waals surface area contributed by atoms with Crippen LogP contribution in [-0.2, 0) is 10.0 Å². The van der Waals surface area contributed by atoms with Crippen LogP contribution < -0.4 is 10.0 Å². The van der Waals surface area contributed by atoms with E-state index in [0.29, 0.717) is 11.4 Å². The van der Waals surface area contributed by atoms with Crippen molar-refractivity contribution in [3.05, 3.63) is 42.5 Å². The Morgan fingerprint density at radius 1 is 1.11 bits per heavy atom. The third-order valence-corrected chi connectivity index (χ3v) is 5.00. The zero-order valence-corrected chi connectivity index (χ0v) is 11.3. The number of benzene rings is 2. The summed E-state index contributed by atoms with van der Waals surface area (Å²) < 4.78 is 27.7. The first-order chi connectivity index (χ1) is 9.17. The molecule has 1 saturated heterocycles. The predicted octanol–water partition coefficient (Wildman–Crippen LogP) is 1.48. The van der Waals surface area contributed by atoms with Gasteiger partial charge in [0.1, 0.15) is 0 Å². The van der Waals surface area contributed by atoms with E-state index in [2.05, 4.69) is 10.0 Å². The van der Waals surface area contributed by atoms with Crippen molar-refractivity contribution in [3.8, 4) is 0 Å². The van der Waals surface area contributed by atoms with Gasteiger partial charge in [-0.3, -0.25) is 0 Å². The Morgan fingerprint density at radius 2 is 1.89 bits per heavy atom. The largest absolute Gasteiger partial charge is 0.315 e. The van der Waals surface area contributed by atoms with E-state index in [9.17, 15) is 8.42 Å². The summed E-state index contributed by atoms with van der Waals surface area (Å²) in [6, 6.07) is 12.9. The van der Waals surface area contributed by atoms with Crippen LogP contribution in [0.1, 0.15) is 6.42 Å². The molecule has 0 aliphatic carbocycles. The molecule has 3 rings (SSSR count). The van der Waals surface area contributed by atoms with Gasteiger partial charge in [0.2, 0.25) is 10.0 Å². The van der Waals surface area contributed by atoms with E-state index in [0.717, 1.165) is 23.7 Å². The van der Waals surface area contributed by atoms with Gasteiger partial charge in [0, 0.05) is 18.0 Å². The van der Waals surface area contributed by atoms with E-state index in [1.54, 1.807) is 12.1 Å². The minimum Gasteiger partial charge on any atom is -0.315 e. The Hall–Kier alpha value is -1.43. The van der Waals surface area contributed by atoms with Gasteiger partial charge in [-0.05, 0) is 24.4 Å². The molecule has 0 spiro atoms. The number of rotatable bonds is 3. The van der Waals surface area contributed by atoms with Gasteiger partial charge in [-0.2, -0.15) is 0 Å². The molecule has 1 aliphatic rings. The lowest BCUT2D eigenvalue weighted by Gasteiger charge is -2.13. The molecule has 5 heteroatoms. The monoisotopic (exact) mass is 276 g/mol. The third-order valence-electron chi connectivity index (χ3n) is 3.42. The summed E-state index contributed by atoms with van der Waals surface area (Å²) in [5, 5.41) is 4.86. The van der Waals surface area contributed by atoms with Crippen LogP contribution in [0.2, 0.25) is 0 Å². The number of sulfonamides is 1. The highest BCUT2D eigenvalue weighted by Crippen LogP contribution is 2.23. The maximum Gasteiger partial charge on any atom is 0.241 e. The van der Waals surface area contributed by atoms with Gasteiger partial charge >= 0.3 is 0 Å². The van der Waals surface area contributed by atoms with Crippen molar-refractivity contribution >= 4 is 20.8 Å². The third kappa shape index (κ3) is 2.49. The van der Waals surface area contributed by atoms with Crippen LogP contribution in [-0.4, -0.2) is 27.5 Å². The maximum absolute atomic E-state index is 12.5. The standard InChI is InChI=1S/C14H16N2O2S/c17-19(18,16-12-8-9-15-10-12)14-7-3-5-11-4-1-2-6-13(11)14/h1-7,12,15-16H,8-10H2/t12-/m0/s1. The van der Waals surface area contributed by atoms with Crippen LogP contribution in [0.15, 0.2) is 47.4 Å². The molecular weight excluding hydrogens is 260 g/mol. The van der Waals surface area contributed by atoms with Crippen LogP contribution in [0, 0.1) is 0 Å².